The lowest BCUT2D eigenvalue weighted by atomic mass is 10.1. The Hall–Kier alpha value is -2.73. The zero-order valence-electron chi connectivity index (χ0n) is 19.6. The predicted molar refractivity (Wildman–Crippen MR) is 130 cm³/mol. The largest absolute Gasteiger partial charge is 0.497 e. The number of amides is 2. The molecule has 0 spiro atoms. The molecule has 11 heteroatoms. The normalized spacial score (nSPS) is 17.4. The number of nitrogens with zero attached hydrogens (tertiary/aromatic N) is 4. The minimum atomic E-state index is -0.115. The molecule has 0 bridgehead atoms. The Kier molecular flexibility index (Phi) is 8.33. The van der Waals surface area contributed by atoms with Gasteiger partial charge in [-0.2, -0.15) is 0 Å². The Morgan fingerprint density at radius 2 is 1.76 bits per heavy atom. The fraction of sp³-hybridized carbons (Fsp3) is 0.522. The number of ether oxygens (including phenoxy) is 3. The molecule has 0 saturated carbocycles. The molecule has 10 nitrogen and oxygen atoms in total. The van der Waals surface area contributed by atoms with Crippen molar-refractivity contribution < 1.29 is 23.8 Å². The molecule has 3 heterocycles. The van der Waals surface area contributed by atoms with E-state index in [1.807, 2.05) is 22.4 Å². The second kappa shape index (κ2) is 11.6. The summed E-state index contributed by atoms with van der Waals surface area (Å²) in [6.07, 6.45) is 0. The van der Waals surface area contributed by atoms with Crippen molar-refractivity contribution in [3.63, 3.8) is 0 Å². The van der Waals surface area contributed by atoms with E-state index in [2.05, 4.69) is 20.1 Å². The number of benzene rings is 1. The van der Waals surface area contributed by atoms with Crippen molar-refractivity contribution in [2.24, 2.45) is 0 Å². The third kappa shape index (κ3) is 6.23. The molecular weight excluding hydrogens is 458 g/mol. The molecule has 2 fully saturated rings. The number of nitrogens with one attached hydrogen (secondary N) is 1. The van der Waals surface area contributed by atoms with Gasteiger partial charge in [-0.3, -0.25) is 19.4 Å². The zero-order chi connectivity index (χ0) is 23.9. The van der Waals surface area contributed by atoms with Gasteiger partial charge in [-0.25, -0.2) is 4.98 Å². The number of carbonyl (C=O) groups is 2. The quantitative estimate of drug-likeness (QED) is 0.592. The van der Waals surface area contributed by atoms with Crippen molar-refractivity contribution in [2.45, 2.75) is 0 Å². The highest BCUT2D eigenvalue weighted by Gasteiger charge is 2.24. The van der Waals surface area contributed by atoms with E-state index in [1.54, 1.807) is 20.3 Å². The van der Waals surface area contributed by atoms with E-state index >= 15 is 0 Å². The predicted octanol–water partition coefficient (Wildman–Crippen LogP) is 1.24. The van der Waals surface area contributed by atoms with Gasteiger partial charge in [0.1, 0.15) is 11.5 Å². The van der Waals surface area contributed by atoms with Gasteiger partial charge in [0.05, 0.1) is 46.2 Å². The molecule has 2 aliphatic heterocycles. The van der Waals surface area contributed by atoms with E-state index in [9.17, 15) is 9.59 Å². The Balaban J connectivity index is 1.24. The van der Waals surface area contributed by atoms with Crippen LogP contribution in [-0.4, -0.2) is 111 Å². The van der Waals surface area contributed by atoms with Crippen LogP contribution in [0.4, 0.5) is 5.13 Å². The van der Waals surface area contributed by atoms with Gasteiger partial charge in [0.25, 0.3) is 0 Å². The van der Waals surface area contributed by atoms with E-state index in [0.717, 1.165) is 24.3 Å². The number of methoxy groups -OCH3 is 2. The molecule has 0 unspecified atom stereocenters. The standard InChI is InChI=1S/C23H31N5O5S/c1-31-17-3-4-18(20(13-17)32-2)19-16-34-23(24-19)25-21(29)14-26-5-7-28(8-6-26)22(30)15-27-9-11-33-12-10-27/h3-4,13,16H,5-12,14-15H2,1-2H3,(H,24,25,29). The van der Waals surface area contributed by atoms with Gasteiger partial charge < -0.3 is 24.4 Å². The second-order valence-corrected chi connectivity index (χ2v) is 9.06. The molecule has 2 aliphatic rings. The molecule has 1 N–H and O–H groups in total. The molecule has 0 radical (unpaired) electrons. The number of aromatic nitrogens is 1. The summed E-state index contributed by atoms with van der Waals surface area (Å²) in [6.45, 7) is 6.30. The zero-order valence-corrected chi connectivity index (χ0v) is 20.4. The minimum absolute atomic E-state index is 0.115. The van der Waals surface area contributed by atoms with Gasteiger partial charge in [-0.1, -0.05) is 0 Å². The van der Waals surface area contributed by atoms with E-state index < -0.39 is 0 Å². The fourth-order valence-electron chi connectivity index (χ4n) is 4.03. The van der Waals surface area contributed by atoms with Gasteiger partial charge in [-0.05, 0) is 12.1 Å². The van der Waals surface area contributed by atoms with E-state index in [0.29, 0.717) is 62.6 Å². The summed E-state index contributed by atoms with van der Waals surface area (Å²) in [5, 5.41) is 5.32. The molecule has 184 valence electrons. The third-order valence-electron chi connectivity index (χ3n) is 5.99. The highest BCUT2D eigenvalue weighted by molar-refractivity contribution is 7.14. The maximum absolute atomic E-state index is 12.6. The van der Waals surface area contributed by atoms with E-state index in [-0.39, 0.29) is 18.4 Å². The average Bonchev–Trinajstić information content (AvgIpc) is 3.32. The molecule has 1 aromatic heterocycles. The van der Waals surface area contributed by atoms with E-state index in [1.165, 1.54) is 11.3 Å². The molecular formula is C23H31N5O5S. The number of piperazine rings is 1. The van der Waals surface area contributed by atoms with Crippen molar-refractivity contribution in [1.29, 1.82) is 0 Å². The van der Waals surface area contributed by atoms with Crippen molar-refractivity contribution >= 4 is 28.3 Å². The van der Waals surface area contributed by atoms with Crippen LogP contribution in [0.1, 0.15) is 0 Å². The van der Waals surface area contributed by atoms with Gasteiger partial charge in [-0.15, -0.1) is 11.3 Å². The maximum atomic E-state index is 12.6. The topological polar surface area (TPSA) is 96.5 Å². The summed E-state index contributed by atoms with van der Waals surface area (Å²) in [4.78, 5) is 35.8. The lowest BCUT2D eigenvalue weighted by Crippen LogP contribution is -2.53. The molecule has 1 aromatic carbocycles. The number of thiazole rings is 1. The molecule has 2 saturated heterocycles. The van der Waals surface area contributed by atoms with E-state index in [4.69, 9.17) is 14.2 Å². The molecule has 0 aliphatic carbocycles. The molecule has 0 atom stereocenters. The summed E-state index contributed by atoms with van der Waals surface area (Å²) >= 11 is 1.37. The summed E-state index contributed by atoms with van der Waals surface area (Å²) in [5.74, 6) is 1.39. The number of hydrogen-bond donors (Lipinski definition) is 1. The molecule has 2 aromatic rings. The molecule has 34 heavy (non-hydrogen) atoms. The van der Waals surface area contributed by atoms with Crippen LogP contribution in [0.15, 0.2) is 23.6 Å². The van der Waals surface area contributed by atoms with Crippen LogP contribution in [0.3, 0.4) is 0 Å². The SMILES string of the molecule is COc1ccc(-c2csc(NC(=O)CN3CCN(C(=O)CN4CCOCC4)CC3)n2)c(OC)c1. The first kappa shape index (κ1) is 24.4. The van der Waals surface area contributed by atoms with Crippen LogP contribution >= 0.6 is 11.3 Å². The van der Waals surface area contributed by atoms with Crippen molar-refractivity contribution in [3.8, 4) is 22.8 Å². The average molecular weight is 490 g/mol. The van der Waals surface area contributed by atoms with Crippen LogP contribution in [0.5, 0.6) is 11.5 Å². The van der Waals surface area contributed by atoms with Gasteiger partial charge in [0.2, 0.25) is 11.8 Å². The minimum Gasteiger partial charge on any atom is -0.497 e. The maximum Gasteiger partial charge on any atom is 0.240 e. The molecule has 2 amide bonds. The monoisotopic (exact) mass is 489 g/mol. The summed E-state index contributed by atoms with van der Waals surface area (Å²) in [5.41, 5.74) is 1.56. The first-order valence-corrected chi connectivity index (χ1v) is 12.2. The first-order chi connectivity index (χ1) is 16.6. The Bertz CT molecular complexity index is 986. The van der Waals surface area contributed by atoms with Crippen LogP contribution in [0, 0.1) is 0 Å². The van der Waals surface area contributed by atoms with Crippen LogP contribution in [0.2, 0.25) is 0 Å². The lowest BCUT2D eigenvalue weighted by molar-refractivity contribution is -0.135. The van der Waals surface area contributed by atoms with Crippen molar-refractivity contribution in [2.75, 3.05) is 85.1 Å². The van der Waals surface area contributed by atoms with Crippen molar-refractivity contribution in [1.82, 2.24) is 19.7 Å². The Morgan fingerprint density at radius 1 is 1.03 bits per heavy atom. The fourth-order valence-corrected chi connectivity index (χ4v) is 4.76. The van der Waals surface area contributed by atoms with Crippen LogP contribution < -0.4 is 14.8 Å². The molecule has 4 rings (SSSR count). The Morgan fingerprint density at radius 3 is 2.47 bits per heavy atom. The third-order valence-corrected chi connectivity index (χ3v) is 6.75. The summed E-state index contributed by atoms with van der Waals surface area (Å²) in [6, 6.07) is 5.54. The number of morpholine rings is 1. The first-order valence-electron chi connectivity index (χ1n) is 11.3. The highest BCUT2D eigenvalue weighted by atomic mass is 32.1. The lowest BCUT2D eigenvalue weighted by Gasteiger charge is -2.36. The Labute approximate surface area is 203 Å². The number of rotatable bonds is 8. The number of anilines is 1. The smallest absolute Gasteiger partial charge is 0.240 e. The van der Waals surface area contributed by atoms with Gasteiger partial charge in [0, 0.05) is 56.3 Å². The van der Waals surface area contributed by atoms with Crippen molar-refractivity contribution in [3.05, 3.63) is 23.6 Å². The van der Waals surface area contributed by atoms with Gasteiger partial charge in [0.15, 0.2) is 5.13 Å². The number of carbonyl (C=O) groups excluding carboxylic acids is 2. The highest BCUT2D eigenvalue weighted by Crippen LogP contribution is 2.34. The van der Waals surface area contributed by atoms with Crippen LogP contribution in [-0.2, 0) is 14.3 Å². The van der Waals surface area contributed by atoms with Crippen LogP contribution in [0.25, 0.3) is 11.3 Å². The second-order valence-electron chi connectivity index (χ2n) is 8.20. The van der Waals surface area contributed by atoms with Gasteiger partial charge >= 0.3 is 0 Å². The summed E-state index contributed by atoms with van der Waals surface area (Å²) in [7, 11) is 3.21. The number of hydrogen-bond acceptors (Lipinski definition) is 9. The summed E-state index contributed by atoms with van der Waals surface area (Å²) < 4.78 is 16.0.